The van der Waals surface area contributed by atoms with E-state index in [1.807, 2.05) is 11.5 Å². The number of nitriles is 1. The number of nitrogens with two attached hydrogens (primary N) is 1. The predicted molar refractivity (Wildman–Crippen MR) is 55.8 cm³/mol. The van der Waals surface area contributed by atoms with Gasteiger partial charge in [0.25, 0.3) is 5.91 Å². The fourth-order valence-electron chi connectivity index (χ4n) is 1.47. The second kappa shape index (κ2) is 3.64. The molecule has 0 fully saturated rings. The summed E-state index contributed by atoms with van der Waals surface area (Å²) in [5, 5.41) is 10.9. The molecule has 0 bridgehead atoms. The van der Waals surface area contributed by atoms with Gasteiger partial charge < -0.3 is 0 Å². The van der Waals surface area contributed by atoms with Crippen molar-refractivity contribution in [3.63, 3.8) is 0 Å². The Morgan fingerprint density at radius 1 is 1.79 bits per heavy atom. The largest absolute Gasteiger partial charge is 0.293 e. The van der Waals surface area contributed by atoms with E-state index in [0.717, 1.165) is 0 Å². The Morgan fingerprint density at radius 3 is 2.79 bits per heavy atom. The van der Waals surface area contributed by atoms with Crippen LogP contribution >= 0.6 is 11.8 Å². The molecule has 0 aromatic heterocycles. The molecule has 1 atom stereocenters. The van der Waals surface area contributed by atoms with E-state index in [-0.39, 0.29) is 5.91 Å². The minimum atomic E-state index is -0.781. The number of rotatable bonds is 2. The van der Waals surface area contributed by atoms with Gasteiger partial charge in [0, 0.05) is 0 Å². The van der Waals surface area contributed by atoms with Crippen LogP contribution in [0.5, 0.6) is 0 Å². The first-order valence-corrected chi connectivity index (χ1v) is 5.13. The van der Waals surface area contributed by atoms with Gasteiger partial charge in [-0.25, -0.2) is 5.84 Å². The highest BCUT2D eigenvalue weighted by Crippen LogP contribution is 2.49. The number of hydrogen-bond donors (Lipinski definition) is 2. The molecule has 4 nitrogen and oxygen atoms in total. The van der Waals surface area contributed by atoms with Crippen LogP contribution in [0.1, 0.15) is 20.3 Å². The summed E-state index contributed by atoms with van der Waals surface area (Å²) < 4.78 is -0.781. The van der Waals surface area contributed by atoms with Crippen LogP contribution in [-0.4, -0.2) is 10.7 Å². The van der Waals surface area contributed by atoms with Crippen molar-refractivity contribution in [2.24, 2.45) is 11.3 Å². The van der Waals surface area contributed by atoms with Crippen molar-refractivity contribution in [2.45, 2.75) is 25.0 Å². The maximum absolute atomic E-state index is 11.7. The lowest BCUT2D eigenvalue weighted by Crippen LogP contribution is -2.54. The van der Waals surface area contributed by atoms with Gasteiger partial charge in [0.05, 0.1) is 11.5 Å². The zero-order valence-corrected chi connectivity index (χ0v) is 9.02. The first-order chi connectivity index (χ1) is 6.50. The third-order valence-corrected chi connectivity index (χ3v) is 4.15. The van der Waals surface area contributed by atoms with Gasteiger partial charge in [-0.1, -0.05) is 6.08 Å². The molecule has 3 N–H and O–H groups in total. The van der Waals surface area contributed by atoms with Crippen molar-refractivity contribution in [1.29, 1.82) is 5.26 Å². The van der Waals surface area contributed by atoms with Gasteiger partial charge in [0.1, 0.15) is 4.75 Å². The van der Waals surface area contributed by atoms with Crippen molar-refractivity contribution >= 4 is 17.7 Å². The second-order valence-electron chi connectivity index (χ2n) is 3.73. The van der Waals surface area contributed by atoms with Gasteiger partial charge in [-0.2, -0.15) is 5.26 Å². The zero-order chi connectivity index (χ0) is 10.8. The topological polar surface area (TPSA) is 78.9 Å². The molecule has 1 heterocycles. The Balaban J connectivity index is 3.08. The number of thioether (sulfide) groups is 1. The Labute approximate surface area is 87.5 Å². The van der Waals surface area contributed by atoms with E-state index in [9.17, 15) is 4.79 Å². The molecule has 76 valence electrons. The quantitative estimate of drug-likeness (QED) is 0.404. The van der Waals surface area contributed by atoms with Crippen LogP contribution in [-0.2, 0) is 4.79 Å². The Hall–Kier alpha value is -0.990. The van der Waals surface area contributed by atoms with Crippen molar-refractivity contribution in [1.82, 2.24) is 5.43 Å². The zero-order valence-electron chi connectivity index (χ0n) is 8.20. The number of nitrogens with zero attached hydrogens (tertiary/aromatic N) is 1. The molecule has 1 rings (SSSR count). The maximum atomic E-state index is 11.7. The molecule has 1 aliphatic heterocycles. The molecule has 0 radical (unpaired) electrons. The molecule has 1 amide bonds. The first kappa shape index (κ1) is 11.1. The van der Waals surface area contributed by atoms with E-state index in [0.29, 0.717) is 6.42 Å². The monoisotopic (exact) mass is 211 g/mol. The lowest BCUT2D eigenvalue weighted by Gasteiger charge is -2.36. The molecule has 1 aliphatic rings. The van der Waals surface area contributed by atoms with Crippen LogP contribution in [0.4, 0.5) is 0 Å². The molecule has 0 saturated heterocycles. The highest BCUT2D eigenvalue weighted by Gasteiger charge is 2.52. The highest BCUT2D eigenvalue weighted by atomic mass is 32.2. The molecule has 1 unspecified atom stereocenters. The molecular formula is C9H13N3OS. The Bertz CT molecular complexity index is 309. The maximum Gasteiger partial charge on any atom is 0.252 e. The SMILES string of the molecule is CC(C)(C#N)C1(C(=O)NN)CC=CS1. The summed E-state index contributed by atoms with van der Waals surface area (Å²) in [6, 6.07) is 2.16. The summed E-state index contributed by atoms with van der Waals surface area (Å²) in [4.78, 5) is 11.7. The van der Waals surface area contributed by atoms with Crippen LogP contribution < -0.4 is 11.3 Å². The number of hydrazine groups is 1. The molecule has 0 aromatic carbocycles. The van der Waals surface area contributed by atoms with Crippen molar-refractivity contribution in [2.75, 3.05) is 0 Å². The molecule has 0 aromatic rings. The minimum absolute atomic E-state index is 0.293. The smallest absolute Gasteiger partial charge is 0.252 e. The number of carbonyl (C=O) groups is 1. The van der Waals surface area contributed by atoms with Gasteiger partial charge >= 0.3 is 0 Å². The van der Waals surface area contributed by atoms with Crippen molar-refractivity contribution in [3.05, 3.63) is 11.5 Å². The number of hydrogen-bond acceptors (Lipinski definition) is 4. The third-order valence-electron chi connectivity index (χ3n) is 2.56. The van der Waals surface area contributed by atoms with Gasteiger partial charge in [-0.05, 0) is 25.7 Å². The number of carbonyl (C=O) groups excluding carboxylic acids is 1. The third kappa shape index (κ3) is 1.41. The van der Waals surface area contributed by atoms with E-state index >= 15 is 0 Å². The Kier molecular flexibility index (Phi) is 2.88. The summed E-state index contributed by atoms with van der Waals surface area (Å²) in [5.74, 6) is 4.85. The van der Waals surface area contributed by atoms with E-state index in [1.54, 1.807) is 13.8 Å². The van der Waals surface area contributed by atoms with Crippen LogP contribution in [0, 0.1) is 16.7 Å². The van der Waals surface area contributed by atoms with Crippen molar-refractivity contribution < 1.29 is 4.79 Å². The first-order valence-electron chi connectivity index (χ1n) is 4.25. The van der Waals surface area contributed by atoms with Crippen LogP contribution in [0.25, 0.3) is 0 Å². The predicted octanol–water partition coefficient (Wildman–Crippen LogP) is 0.915. The second-order valence-corrected chi connectivity index (χ2v) is 4.94. The van der Waals surface area contributed by atoms with Gasteiger partial charge in [0.15, 0.2) is 0 Å². The molecule has 5 heteroatoms. The van der Waals surface area contributed by atoms with Crippen LogP contribution in [0.2, 0.25) is 0 Å². The summed E-state index contributed by atoms with van der Waals surface area (Å²) in [6.45, 7) is 3.50. The lowest BCUT2D eigenvalue weighted by molar-refractivity contribution is -0.125. The summed E-state index contributed by atoms with van der Waals surface area (Å²) in [7, 11) is 0. The van der Waals surface area contributed by atoms with E-state index in [2.05, 4.69) is 11.5 Å². The molecule has 0 aliphatic carbocycles. The van der Waals surface area contributed by atoms with Gasteiger partial charge in [0.2, 0.25) is 0 Å². The molecule has 0 spiro atoms. The average molecular weight is 211 g/mol. The summed E-state index contributed by atoms with van der Waals surface area (Å²) in [6.07, 6.45) is 2.43. The fraction of sp³-hybridized carbons (Fsp3) is 0.556. The number of nitrogens with one attached hydrogen (secondary N) is 1. The molecular weight excluding hydrogens is 198 g/mol. The molecule has 14 heavy (non-hydrogen) atoms. The summed E-state index contributed by atoms with van der Waals surface area (Å²) >= 11 is 1.36. The van der Waals surface area contributed by atoms with E-state index in [1.165, 1.54) is 11.8 Å². The minimum Gasteiger partial charge on any atom is -0.293 e. The van der Waals surface area contributed by atoms with Gasteiger partial charge in [-0.3, -0.25) is 10.2 Å². The van der Waals surface area contributed by atoms with E-state index < -0.39 is 10.2 Å². The lowest BCUT2D eigenvalue weighted by atomic mass is 9.77. The van der Waals surface area contributed by atoms with E-state index in [4.69, 9.17) is 11.1 Å². The van der Waals surface area contributed by atoms with Crippen LogP contribution in [0.3, 0.4) is 0 Å². The van der Waals surface area contributed by atoms with Crippen molar-refractivity contribution in [3.8, 4) is 6.07 Å². The Morgan fingerprint density at radius 2 is 2.43 bits per heavy atom. The van der Waals surface area contributed by atoms with Gasteiger partial charge in [-0.15, -0.1) is 11.8 Å². The average Bonchev–Trinajstić information content (AvgIpc) is 2.66. The fourth-order valence-corrected chi connectivity index (χ4v) is 2.59. The number of allylic oxidation sites excluding steroid dienone is 1. The standard InChI is InChI=1S/C9H13N3OS/c1-8(2,6-10)9(7(13)12-11)4-3-5-14-9/h3,5H,4,11H2,1-2H3,(H,12,13). The van der Waals surface area contributed by atoms with Crippen LogP contribution in [0.15, 0.2) is 11.5 Å². The summed E-state index contributed by atoms with van der Waals surface area (Å²) in [5.41, 5.74) is 1.39. The highest BCUT2D eigenvalue weighted by molar-refractivity contribution is 8.04. The molecule has 0 saturated carbocycles. The number of amides is 1. The normalized spacial score (nSPS) is 25.9.